The second kappa shape index (κ2) is 14.6. The number of allylic oxidation sites excluding steroid dienone is 1. The van der Waals surface area contributed by atoms with Gasteiger partial charge in [-0.1, -0.05) is 83.3 Å². The summed E-state index contributed by atoms with van der Waals surface area (Å²) in [6.07, 6.45) is 23.1. The molecule has 212 valence electrons. The Morgan fingerprint density at radius 3 is 2.45 bits per heavy atom. The van der Waals surface area contributed by atoms with E-state index in [4.69, 9.17) is 4.74 Å². The first kappa shape index (κ1) is 29.3. The molecular formula is C34H50F2O2. The maximum absolute atomic E-state index is 14.7. The highest BCUT2D eigenvalue weighted by Gasteiger charge is 2.43. The van der Waals surface area contributed by atoms with Gasteiger partial charge in [0.1, 0.15) is 0 Å². The van der Waals surface area contributed by atoms with Crippen LogP contribution in [0.1, 0.15) is 122 Å². The van der Waals surface area contributed by atoms with Gasteiger partial charge in [0.25, 0.3) is 0 Å². The van der Waals surface area contributed by atoms with Gasteiger partial charge >= 0.3 is 5.97 Å². The summed E-state index contributed by atoms with van der Waals surface area (Å²) < 4.78 is 34.7. The number of ether oxygens (including phenoxy) is 1. The monoisotopic (exact) mass is 528 g/mol. The molecule has 0 N–H and O–H groups in total. The smallest absolute Gasteiger partial charge is 0.314 e. The number of carbonyl (C=O) groups is 1. The predicted molar refractivity (Wildman–Crippen MR) is 151 cm³/mol. The van der Waals surface area contributed by atoms with Crippen LogP contribution in [-0.2, 0) is 11.2 Å². The van der Waals surface area contributed by atoms with Gasteiger partial charge in [0.15, 0.2) is 11.6 Å². The van der Waals surface area contributed by atoms with Crippen LogP contribution in [0.3, 0.4) is 0 Å². The molecule has 38 heavy (non-hydrogen) atoms. The molecule has 4 atom stereocenters. The van der Waals surface area contributed by atoms with Crippen LogP contribution in [0.15, 0.2) is 24.8 Å². The van der Waals surface area contributed by atoms with Crippen LogP contribution < -0.4 is 4.74 Å². The number of benzene rings is 1. The number of unbranched alkanes of at least 4 members (excludes halogenated alkanes) is 4. The number of fused-ring (bicyclic) bond motifs is 1. The summed E-state index contributed by atoms with van der Waals surface area (Å²) in [6.45, 7) is 5.92. The largest absolute Gasteiger partial charge is 0.423 e. The van der Waals surface area contributed by atoms with E-state index in [0.717, 1.165) is 37.0 Å². The van der Waals surface area contributed by atoms with Gasteiger partial charge in [0, 0.05) is 0 Å². The molecule has 0 saturated heterocycles. The molecule has 0 spiro atoms. The molecule has 3 saturated carbocycles. The molecule has 3 aliphatic rings. The summed E-state index contributed by atoms with van der Waals surface area (Å²) >= 11 is 0. The molecule has 0 aliphatic heterocycles. The first-order valence-electron chi connectivity index (χ1n) is 15.8. The molecular weight excluding hydrogens is 478 g/mol. The fourth-order valence-electron chi connectivity index (χ4n) is 7.99. The number of esters is 1. The molecule has 0 aromatic heterocycles. The molecule has 4 heteroatoms. The summed E-state index contributed by atoms with van der Waals surface area (Å²) in [5, 5.41) is 0. The fourth-order valence-corrected chi connectivity index (χ4v) is 7.99. The Morgan fingerprint density at radius 1 is 0.921 bits per heavy atom. The normalized spacial score (nSPS) is 29.4. The quantitative estimate of drug-likeness (QED) is 0.117. The van der Waals surface area contributed by atoms with E-state index >= 15 is 0 Å². The lowest BCUT2D eigenvalue weighted by Crippen LogP contribution is -2.40. The van der Waals surface area contributed by atoms with Gasteiger partial charge < -0.3 is 4.74 Å². The van der Waals surface area contributed by atoms with E-state index in [0.29, 0.717) is 30.2 Å². The Balaban J connectivity index is 1.26. The molecule has 4 rings (SSSR count). The van der Waals surface area contributed by atoms with Crippen LogP contribution in [0, 0.1) is 47.1 Å². The van der Waals surface area contributed by atoms with Crippen LogP contribution in [0.2, 0.25) is 0 Å². The molecule has 0 radical (unpaired) electrons. The van der Waals surface area contributed by atoms with Crippen molar-refractivity contribution >= 4 is 5.97 Å². The third-order valence-electron chi connectivity index (χ3n) is 10.2. The van der Waals surface area contributed by atoms with Crippen LogP contribution in [0.4, 0.5) is 8.78 Å². The minimum absolute atomic E-state index is 0.193. The van der Waals surface area contributed by atoms with Crippen LogP contribution >= 0.6 is 0 Å². The van der Waals surface area contributed by atoms with Crippen molar-refractivity contribution in [2.45, 2.75) is 122 Å². The van der Waals surface area contributed by atoms with Gasteiger partial charge in [0.2, 0.25) is 5.82 Å². The molecule has 1 aromatic carbocycles. The van der Waals surface area contributed by atoms with Crippen LogP contribution in [0.5, 0.6) is 5.75 Å². The van der Waals surface area contributed by atoms with E-state index in [1.807, 2.05) is 0 Å². The van der Waals surface area contributed by atoms with Gasteiger partial charge in [-0.15, -0.1) is 6.58 Å². The van der Waals surface area contributed by atoms with Crippen LogP contribution in [-0.4, -0.2) is 5.97 Å². The summed E-state index contributed by atoms with van der Waals surface area (Å²) in [4.78, 5) is 13.2. The minimum Gasteiger partial charge on any atom is -0.423 e. The SMILES string of the molecule is C=CCCc1ccc(OC(=O)C2CCCC3CC(C4CCC(CCCCCCC)CC4)CCC32)c(F)c1F. The maximum Gasteiger partial charge on any atom is 0.314 e. The van der Waals surface area contributed by atoms with Gasteiger partial charge in [-0.05, 0) is 92.6 Å². The topological polar surface area (TPSA) is 26.3 Å². The Labute approximate surface area is 230 Å². The van der Waals surface area contributed by atoms with Gasteiger partial charge in [-0.2, -0.15) is 4.39 Å². The zero-order chi connectivity index (χ0) is 26.9. The van der Waals surface area contributed by atoms with Crippen molar-refractivity contribution in [1.82, 2.24) is 0 Å². The number of halogens is 2. The zero-order valence-electron chi connectivity index (χ0n) is 23.7. The Hall–Kier alpha value is -1.71. The third-order valence-corrected chi connectivity index (χ3v) is 10.2. The van der Waals surface area contributed by atoms with E-state index < -0.39 is 11.6 Å². The number of rotatable bonds is 12. The second-order valence-corrected chi connectivity index (χ2v) is 12.6. The van der Waals surface area contributed by atoms with Crippen molar-refractivity contribution < 1.29 is 18.3 Å². The average Bonchev–Trinajstić information content (AvgIpc) is 2.94. The van der Waals surface area contributed by atoms with E-state index in [-0.39, 0.29) is 17.6 Å². The zero-order valence-corrected chi connectivity index (χ0v) is 23.7. The molecule has 4 unspecified atom stereocenters. The number of hydrogen-bond acceptors (Lipinski definition) is 2. The summed E-state index contributed by atoms with van der Waals surface area (Å²) in [7, 11) is 0. The lowest BCUT2D eigenvalue weighted by atomic mass is 9.59. The molecule has 2 nitrogen and oxygen atoms in total. The van der Waals surface area contributed by atoms with E-state index in [1.54, 1.807) is 6.08 Å². The first-order valence-corrected chi connectivity index (χ1v) is 15.8. The van der Waals surface area contributed by atoms with Crippen molar-refractivity contribution in [3.8, 4) is 5.75 Å². The molecule has 0 amide bonds. The van der Waals surface area contributed by atoms with E-state index in [1.165, 1.54) is 95.6 Å². The van der Waals surface area contributed by atoms with Crippen molar-refractivity contribution in [3.05, 3.63) is 42.0 Å². The summed E-state index contributed by atoms with van der Waals surface area (Å²) in [6, 6.07) is 2.94. The lowest BCUT2D eigenvalue weighted by molar-refractivity contribution is -0.144. The van der Waals surface area contributed by atoms with Gasteiger partial charge in [0.05, 0.1) is 5.92 Å². The fraction of sp³-hybridized carbons (Fsp3) is 0.735. The average molecular weight is 529 g/mol. The number of carbonyl (C=O) groups excluding carboxylic acids is 1. The first-order chi connectivity index (χ1) is 18.5. The lowest BCUT2D eigenvalue weighted by Gasteiger charge is -2.46. The second-order valence-electron chi connectivity index (χ2n) is 12.6. The van der Waals surface area contributed by atoms with Crippen molar-refractivity contribution in [2.24, 2.45) is 35.5 Å². The molecule has 0 heterocycles. The molecule has 0 bridgehead atoms. The molecule has 3 fully saturated rings. The van der Waals surface area contributed by atoms with Gasteiger partial charge in [-0.25, -0.2) is 4.39 Å². The van der Waals surface area contributed by atoms with Crippen LogP contribution in [0.25, 0.3) is 0 Å². The molecule has 3 aliphatic carbocycles. The van der Waals surface area contributed by atoms with E-state index in [2.05, 4.69) is 13.5 Å². The third kappa shape index (κ3) is 7.48. The van der Waals surface area contributed by atoms with Crippen molar-refractivity contribution in [2.75, 3.05) is 0 Å². The van der Waals surface area contributed by atoms with Crippen molar-refractivity contribution in [1.29, 1.82) is 0 Å². The highest BCUT2D eigenvalue weighted by atomic mass is 19.2. The Kier molecular flexibility index (Phi) is 11.3. The van der Waals surface area contributed by atoms with E-state index in [9.17, 15) is 13.6 Å². The van der Waals surface area contributed by atoms with Gasteiger partial charge in [-0.3, -0.25) is 4.79 Å². The highest BCUT2D eigenvalue weighted by Crippen LogP contribution is 2.50. The predicted octanol–water partition coefficient (Wildman–Crippen LogP) is 9.99. The Morgan fingerprint density at radius 2 is 1.68 bits per heavy atom. The standard InChI is InChI=1S/C34H50F2O2/c1-3-5-7-8-9-11-24-15-17-25(18-16-24)27-19-21-29-28(23-27)13-10-14-30(29)34(37)38-31-22-20-26(12-6-4-2)32(35)33(31)36/h4,20,22,24-25,27-30H,2-3,5-19,21,23H2,1H3. The maximum atomic E-state index is 14.7. The van der Waals surface area contributed by atoms with Crippen molar-refractivity contribution in [3.63, 3.8) is 0 Å². The minimum atomic E-state index is -1.05. The molecule has 1 aromatic rings. The number of hydrogen-bond donors (Lipinski definition) is 0. The highest BCUT2D eigenvalue weighted by molar-refractivity contribution is 5.75. The summed E-state index contributed by atoms with van der Waals surface area (Å²) in [5.74, 6) is 0.703. The Bertz CT molecular complexity index is 904. The number of aryl methyl sites for hydroxylation is 1. The summed E-state index contributed by atoms with van der Waals surface area (Å²) in [5.41, 5.74) is 0.291.